The summed E-state index contributed by atoms with van der Waals surface area (Å²) in [6.45, 7) is 0.396. The van der Waals surface area contributed by atoms with Crippen molar-refractivity contribution in [1.82, 2.24) is 14.9 Å². The number of nitrogens with one attached hydrogen (secondary N) is 2. The third kappa shape index (κ3) is 4.43. The van der Waals surface area contributed by atoms with Crippen molar-refractivity contribution in [3.63, 3.8) is 0 Å². The number of benzene rings is 1. The van der Waals surface area contributed by atoms with Crippen LogP contribution in [0.1, 0.15) is 31.2 Å². The van der Waals surface area contributed by atoms with Crippen molar-refractivity contribution >= 4 is 16.0 Å². The highest BCUT2D eigenvalue weighted by atomic mass is 32.2. The van der Waals surface area contributed by atoms with Gasteiger partial charge in [0, 0.05) is 38.1 Å². The van der Waals surface area contributed by atoms with Gasteiger partial charge in [0.05, 0.1) is 0 Å². The number of nitrogens with zero attached hydrogens (tertiary/aromatic N) is 2. The predicted octanol–water partition coefficient (Wildman–Crippen LogP) is 2.20. The molecule has 0 radical (unpaired) electrons. The number of piperidine rings is 1. The average molecular weight is 418 g/mol. The molecule has 0 unspecified atom stereocenters. The molecular weight excluding hydrogens is 393 g/mol. The van der Waals surface area contributed by atoms with Gasteiger partial charge >= 0.3 is 15.5 Å². The number of alkyl halides is 3. The van der Waals surface area contributed by atoms with E-state index in [1.165, 1.54) is 5.56 Å². The fourth-order valence-corrected chi connectivity index (χ4v) is 4.52. The molecule has 1 saturated carbocycles. The van der Waals surface area contributed by atoms with Crippen LogP contribution < -0.4 is 10.6 Å². The summed E-state index contributed by atoms with van der Waals surface area (Å²) in [6, 6.07) is 10.1. The molecule has 2 fully saturated rings. The Hall–Kier alpha value is -1.81. The van der Waals surface area contributed by atoms with Gasteiger partial charge in [-0.2, -0.15) is 17.5 Å². The van der Waals surface area contributed by atoms with Gasteiger partial charge in [-0.25, -0.2) is 8.42 Å². The van der Waals surface area contributed by atoms with E-state index >= 15 is 0 Å². The number of sulfonamides is 1. The minimum atomic E-state index is -5.25. The molecule has 0 bridgehead atoms. The van der Waals surface area contributed by atoms with Crippen LogP contribution >= 0.6 is 0 Å². The fraction of sp³-hybridized carbons (Fsp3) is 0.611. The maximum Gasteiger partial charge on any atom is 0.511 e. The van der Waals surface area contributed by atoms with Crippen LogP contribution in [0, 0.1) is 0 Å². The van der Waals surface area contributed by atoms with Gasteiger partial charge in [0.25, 0.3) is 0 Å². The van der Waals surface area contributed by atoms with Crippen LogP contribution in [-0.4, -0.2) is 56.9 Å². The molecule has 1 aromatic carbocycles. The molecular formula is C18H25F3N4O2S. The third-order valence-electron chi connectivity index (χ3n) is 5.48. The molecule has 0 atom stereocenters. The largest absolute Gasteiger partial charge is 0.511 e. The minimum absolute atomic E-state index is 0.100. The Morgan fingerprint density at radius 1 is 1.21 bits per heavy atom. The Morgan fingerprint density at radius 3 is 2.32 bits per heavy atom. The number of aliphatic imine (C=N–C) groups is 1. The van der Waals surface area contributed by atoms with E-state index in [-0.39, 0.29) is 24.5 Å². The van der Waals surface area contributed by atoms with Crippen molar-refractivity contribution in [2.75, 3.05) is 26.7 Å². The second-order valence-corrected chi connectivity index (χ2v) is 9.27. The highest BCUT2D eigenvalue weighted by Gasteiger charge is 2.50. The molecule has 28 heavy (non-hydrogen) atoms. The van der Waals surface area contributed by atoms with Crippen molar-refractivity contribution in [3.8, 4) is 0 Å². The van der Waals surface area contributed by atoms with E-state index in [4.69, 9.17) is 0 Å². The van der Waals surface area contributed by atoms with Crippen LogP contribution in [0.3, 0.4) is 0 Å². The van der Waals surface area contributed by atoms with Gasteiger partial charge in [0.2, 0.25) is 0 Å². The predicted molar refractivity (Wildman–Crippen MR) is 101 cm³/mol. The summed E-state index contributed by atoms with van der Waals surface area (Å²) in [5, 5.41) is 6.52. The second-order valence-electron chi connectivity index (χ2n) is 7.34. The van der Waals surface area contributed by atoms with Crippen molar-refractivity contribution < 1.29 is 21.6 Å². The first-order valence-corrected chi connectivity index (χ1v) is 10.7. The molecule has 1 aromatic rings. The standard InChI is InChI=1S/C18H25F3N4O2S/c1-22-16(23-13-17(9-10-17)14-5-3-2-4-6-14)24-15-7-11-25(12-8-15)28(26,27)18(19,20)21/h2-6,15H,7-13H2,1H3,(H2,22,23,24). The lowest BCUT2D eigenvalue weighted by atomic mass is 9.96. The highest BCUT2D eigenvalue weighted by molar-refractivity contribution is 7.90. The summed E-state index contributed by atoms with van der Waals surface area (Å²) in [4.78, 5) is 4.20. The van der Waals surface area contributed by atoms with Gasteiger partial charge in [-0.3, -0.25) is 4.99 Å². The van der Waals surface area contributed by atoms with Crippen LogP contribution in [0.15, 0.2) is 35.3 Å². The number of hydrogen-bond acceptors (Lipinski definition) is 3. The van der Waals surface area contributed by atoms with E-state index < -0.39 is 15.5 Å². The zero-order chi connectivity index (χ0) is 20.4. The maximum atomic E-state index is 12.7. The lowest BCUT2D eigenvalue weighted by molar-refractivity contribution is -0.0494. The first kappa shape index (κ1) is 20.9. The van der Waals surface area contributed by atoms with Crippen LogP contribution in [0.2, 0.25) is 0 Å². The van der Waals surface area contributed by atoms with E-state index in [1.54, 1.807) is 7.05 Å². The Morgan fingerprint density at radius 2 is 1.82 bits per heavy atom. The normalized spacial score (nSPS) is 21.4. The smallest absolute Gasteiger partial charge is 0.356 e. The van der Waals surface area contributed by atoms with Crippen LogP contribution in [0.5, 0.6) is 0 Å². The molecule has 1 aliphatic heterocycles. The Labute approximate surface area is 163 Å². The van der Waals surface area contributed by atoms with Gasteiger partial charge in [-0.15, -0.1) is 0 Å². The van der Waals surface area contributed by atoms with Gasteiger partial charge in [0.15, 0.2) is 5.96 Å². The zero-order valence-electron chi connectivity index (χ0n) is 15.7. The SMILES string of the molecule is CN=C(NCC1(c2ccccc2)CC1)NC1CCN(S(=O)(=O)C(F)(F)F)CC1. The van der Waals surface area contributed by atoms with E-state index in [0.717, 1.165) is 19.4 Å². The van der Waals surface area contributed by atoms with Gasteiger partial charge in [-0.05, 0) is 31.2 Å². The molecule has 10 heteroatoms. The number of rotatable bonds is 5. The van der Waals surface area contributed by atoms with E-state index in [0.29, 0.717) is 23.1 Å². The van der Waals surface area contributed by atoms with Crippen molar-refractivity contribution in [3.05, 3.63) is 35.9 Å². The number of guanidine groups is 1. The quantitative estimate of drug-likeness (QED) is 0.568. The number of halogens is 3. The zero-order valence-corrected chi connectivity index (χ0v) is 16.5. The van der Waals surface area contributed by atoms with E-state index in [9.17, 15) is 21.6 Å². The van der Waals surface area contributed by atoms with Crippen LogP contribution in [0.25, 0.3) is 0 Å². The Bertz CT molecular complexity index is 800. The third-order valence-corrected chi connectivity index (χ3v) is 7.11. The van der Waals surface area contributed by atoms with Gasteiger partial charge in [0.1, 0.15) is 0 Å². The lowest BCUT2D eigenvalue weighted by Crippen LogP contribution is -2.52. The highest BCUT2D eigenvalue weighted by Crippen LogP contribution is 2.47. The molecule has 1 saturated heterocycles. The average Bonchev–Trinajstić information content (AvgIpc) is 3.46. The monoisotopic (exact) mass is 418 g/mol. The maximum absolute atomic E-state index is 12.7. The first-order valence-electron chi connectivity index (χ1n) is 9.27. The summed E-state index contributed by atoms with van der Waals surface area (Å²) in [6.07, 6.45) is 2.77. The fourth-order valence-electron chi connectivity index (χ4n) is 3.54. The van der Waals surface area contributed by atoms with Gasteiger partial charge < -0.3 is 10.6 Å². The Balaban J connectivity index is 1.50. The summed E-state index contributed by atoms with van der Waals surface area (Å²) in [5.74, 6) is 0.583. The van der Waals surface area contributed by atoms with Crippen molar-refractivity contribution in [2.24, 2.45) is 4.99 Å². The van der Waals surface area contributed by atoms with E-state index in [2.05, 4.69) is 27.8 Å². The molecule has 6 nitrogen and oxygen atoms in total. The van der Waals surface area contributed by atoms with Crippen molar-refractivity contribution in [1.29, 1.82) is 0 Å². The van der Waals surface area contributed by atoms with Crippen LogP contribution in [0.4, 0.5) is 13.2 Å². The molecule has 156 valence electrons. The second kappa shape index (κ2) is 7.90. The summed E-state index contributed by atoms with van der Waals surface area (Å²) >= 11 is 0. The van der Waals surface area contributed by atoms with Crippen molar-refractivity contribution in [2.45, 2.75) is 42.6 Å². The molecule has 2 aliphatic rings. The molecule has 0 amide bonds. The summed E-state index contributed by atoms with van der Waals surface area (Å²) in [7, 11) is -3.61. The molecule has 3 rings (SSSR count). The summed E-state index contributed by atoms with van der Waals surface area (Å²) in [5.41, 5.74) is -3.87. The first-order chi connectivity index (χ1) is 13.2. The molecule has 1 heterocycles. The topological polar surface area (TPSA) is 73.8 Å². The minimum Gasteiger partial charge on any atom is -0.356 e. The summed E-state index contributed by atoms with van der Waals surface area (Å²) < 4.78 is 61.5. The van der Waals surface area contributed by atoms with E-state index in [1.807, 2.05) is 18.2 Å². The molecule has 2 N–H and O–H groups in total. The molecule has 0 aromatic heterocycles. The van der Waals surface area contributed by atoms with Gasteiger partial charge in [-0.1, -0.05) is 30.3 Å². The Kier molecular flexibility index (Phi) is 5.90. The molecule has 0 spiro atoms. The lowest BCUT2D eigenvalue weighted by Gasteiger charge is -2.32. The molecule has 1 aliphatic carbocycles. The number of hydrogen-bond donors (Lipinski definition) is 2. The van der Waals surface area contributed by atoms with Crippen LogP contribution in [-0.2, 0) is 15.4 Å².